The molecule has 0 atom stereocenters. The van der Waals surface area contributed by atoms with Crippen LogP contribution in [0.3, 0.4) is 0 Å². The lowest BCUT2D eigenvalue weighted by molar-refractivity contribution is -0.136. The summed E-state index contributed by atoms with van der Waals surface area (Å²) in [5, 5.41) is 8.66. The average molecular weight is 205 g/mol. The van der Waals surface area contributed by atoms with E-state index in [2.05, 4.69) is 18.0 Å². The fourth-order valence-electron chi connectivity index (χ4n) is 2.13. The third kappa shape index (κ3) is 2.18. The molecule has 0 fully saturated rings. The maximum absolute atomic E-state index is 10.5. The molecular weight excluding hydrogens is 190 g/mol. The number of hydrogen-bond acceptors (Lipinski definition) is 2. The molecular formula is C12H15NO2. The van der Waals surface area contributed by atoms with E-state index in [9.17, 15) is 4.79 Å². The van der Waals surface area contributed by atoms with Gasteiger partial charge in [-0.1, -0.05) is 18.2 Å². The zero-order chi connectivity index (χ0) is 10.8. The number of carboxylic acid groups (broad SMARTS) is 1. The quantitative estimate of drug-likeness (QED) is 0.815. The van der Waals surface area contributed by atoms with Crippen molar-refractivity contribution < 1.29 is 9.90 Å². The van der Waals surface area contributed by atoms with Crippen molar-refractivity contribution in [2.24, 2.45) is 0 Å². The van der Waals surface area contributed by atoms with Crippen LogP contribution in [0.4, 0.5) is 0 Å². The summed E-state index contributed by atoms with van der Waals surface area (Å²) in [7, 11) is 2.08. The number of rotatable bonds is 3. The van der Waals surface area contributed by atoms with Gasteiger partial charge in [-0.25, -0.2) is 0 Å². The zero-order valence-electron chi connectivity index (χ0n) is 8.86. The molecule has 1 aliphatic rings. The molecule has 0 spiro atoms. The van der Waals surface area contributed by atoms with Gasteiger partial charge in [-0.05, 0) is 30.2 Å². The second kappa shape index (κ2) is 4.03. The van der Waals surface area contributed by atoms with Gasteiger partial charge in [-0.3, -0.25) is 9.69 Å². The monoisotopic (exact) mass is 205 g/mol. The van der Waals surface area contributed by atoms with Crippen LogP contribution >= 0.6 is 0 Å². The van der Waals surface area contributed by atoms with E-state index in [-0.39, 0.29) is 6.42 Å². The molecule has 0 radical (unpaired) electrons. The van der Waals surface area contributed by atoms with E-state index in [1.807, 2.05) is 12.1 Å². The molecule has 0 saturated carbocycles. The van der Waals surface area contributed by atoms with E-state index in [1.165, 1.54) is 16.7 Å². The van der Waals surface area contributed by atoms with Gasteiger partial charge in [0.25, 0.3) is 0 Å². The minimum absolute atomic E-state index is 0.222. The van der Waals surface area contributed by atoms with Crippen LogP contribution in [-0.4, -0.2) is 23.0 Å². The minimum Gasteiger partial charge on any atom is -0.481 e. The molecule has 0 aliphatic carbocycles. The average Bonchev–Trinajstić information content (AvgIpc) is 2.55. The van der Waals surface area contributed by atoms with Crippen LogP contribution in [0, 0.1) is 0 Å². The highest BCUT2D eigenvalue weighted by Crippen LogP contribution is 2.25. The highest BCUT2D eigenvalue weighted by atomic mass is 16.4. The predicted molar refractivity (Wildman–Crippen MR) is 57.6 cm³/mol. The van der Waals surface area contributed by atoms with E-state index in [0.717, 1.165) is 13.1 Å². The minimum atomic E-state index is -0.723. The molecule has 1 N–H and O–H groups in total. The molecule has 0 bridgehead atoms. The summed E-state index contributed by atoms with van der Waals surface area (Å²) in [5.74, 6) is -0.723. The summed E-state index contributed by atoms with van der Waals surface area (Å²) in [4.78, 5) is 12.8. The number of fused-ring (bicyclic) bond motifs is 1. The maximum Gasteiger partial charge on any atom is 0.303 e. The number of aryl methyl sites for hydroxylation is 1. The molecule has 1 heterocycles. The molecule has 1 aromatic carbocycles. The summed E-state index contributed by atoms with van der Waals surface area (Å²) < 4.78 is 0. The molecule has 1 aliphatic heterocycles. The topological polar surface area (TPSA) is 40.5 Å². The number of carboxylic acids is 1. The summed E-state index contributed by atoms with van der Waals surface area (Å²) in [6.07, 6.45) is 0.868. The van der Waals surface area contributed by atoms with Crippen molar-refractivity contribution in [2.75, 3.05) is 7.05 Å². The van der Waals surface area contributed by atoms with Crippen molar-refractivity contribution >= 4 is 5.97 Å². The fraction of sp³-hybridized carbons (Fsp3) is 0.417. The van der Waals surface area contributed by atoms with Crippen LogP contribution in [0.25, 0.3) is 0 Å². The van der Waals surface area contributed by atoms with Crippen LogP contribution in [0.15, 0.2) is 18.2 Å². The number of nitrogens with zero attached hydrogens (tertiary/aromatic N) is 1. The van der Waals surface area contributed by atoms with Gasteiger partial charge in [0, 0.05) is 19.5 Å². The van der Waals surface area contributed by atoms with Gasteiger partial charge in [0.2, 0.25) is 0 Å². The molecule has 80 valence electrons. The maximum atomic E-state index is 10.5. The van der Waals surface area contributed by atoms with E-state index in [0.29, 0.717) is 6.42 Å². The molecule has 0 amide bonds. The standard InChI is InChI=1S/C12H15NO2/c1-13-7-10-4-2-3-9(11(10)8-13)5-6-12(14)15/h2-4H,5-8H2,1H3,(H,14,15). The van der Waals surface area contributed by atoms with Gasteiger partial charge in [0.15, 0.2) is 0 Å². The Bertz CT molecular complexity index is 387. The van der Waals surface area contributed by atoms with Gasteiger partial charge in [0.1, 0.15) is 0 Å². The smallest absolute Gasteiger partial charge is 0.303 e. The molecule has 3 nitrogen and oxygen atoms in total. The molecule has 2 rings (SSSR count). The van der Waals surface area contributed by atoms with Crippen molar-refractivity contribution in [3.63, 3.8) is 0 Å². The van der Waals surface area contributed by atoms with Crippen LogP contribution < -0.4 is 0 Å². The Morgan fingerprint density at radius 1 is 1.47 bits per heavy atom. The second-order valence-electron chi connectivity index (χ2n) is 4.12. The zero-order valence-corrected chi connectivity index (χ0v) is 8.86. The molecule has 0 unspecified atom stereocenters. The largest absolute Gasteiger partial charge is 0.481 e. The van der Waals surface area contributed by atoms with Crippen molar-refractivity contribution in [3.05, 3.63) is 34.9 Å². The van der Waals surface area contributed by atoms with Crippen molar-refractivity contribution in [1.82, 2.24) is 4.90 Å². The lowest BCUT2D eigenvalue weighted by Gasteiger charge is -2.06. The third-order valence-electron chi connectivity index (χ3n) is 2.85. The Hall–Kier alpha value is -1.35. The van der Waals surface area contributed by atoms with Gasteiger partial charge >= 0.3 is 5.97 Å². The number of benzene rings is 1. The first kappa shape index (κ1) is 10.2. The Morgan fingerprint density at radius 3 is 3.00 bits per heavy atom. The van der Waals surface area contributed by atoms with Crippen molar-refractivity contribution in [2.45, 2.75) is 25.9 Å². The van der Waals surface area contributed by atoms with Crippen LogP contribution in [-0.2, 0) is 24.3 Å². The first-order valence-corrected chi connectivity index (χ1v) is 5.17. The Kier molecular flexibility index (Phi) is 2.73. The molecule has 15 heavy (non-hydrogen) atoms. The summed E-state index contributed by atoms with van der Waals surface area (Å²) >= 11 is 0. The first-order valence-electron chi connectivity index (χ1n) is 5.17. The summed E-state index contributed by atoms with van der Waals surface area (Å²) in [5.41, 5.74) is 3.88. The molecule has 0 saturated heterocycles. The number of carbonyl (C=O) groups is 1. The summed E-state index contributed by atoms with van der Waals surface area (Å²) in [6, 6.07) is 6.19. The number of aliphatic carboxylic acids is 1. The fourth-order valence-corrected chi connectivity index (χ4v) is 2.13. The third-order valence-corrected chi connectivity index (χ3v) is 2.85. The van der Waals surface area contributed by atoms with E-state index in [4.69, 9.17) is 5.11 Å². The van der Waals surface area contributed by atoms with E-state index < -0.39 is 5.97 Å². The van der Waals surface area contributed by atoms with Gasteiger partial charge < -0.3 is 5.11 Å². The van der Waals surface area contributed by atoms with Gasteiger partial charge in [0.05, 0.1) is 0 Å². The first-order chi connectivity index (χ1) is 7.16. The highest BCUT2D eigenvalue weighted by Gasteiger charge is 2.18. The Morgan fingerprint density at radius 2 is 2.27 bits per heavy atom. The SMILES string of the molecule is CN1Cc2cccc(CCC(=O)O)c2C1. The Labute approximate surface area is 89.3 Å². The van der Waals surface area contributed by atoms with Crippen molar-refractivity contribution in [1.29, 1.82) is 0 Å². The van der Waals surface area contributed by atoms with Crippen LogP contribution in [0.2, 0.25) is 0 Å². The Balaban J connectivity index is 2.19. The lowest BCUT2D eigenvalue weighted by Crippen LogP contribution is -2.08. The van der Waals surface area contributed by atoms with E-state index >= 15 is 0 Å². The van der Waals surface area contributed by atoms with Crippen LogP contribution in [0.1, 0.15) is 23.1 Å². The summed E-state index contributed by atoms with van der Waals surface area (Å²) in [6.45, 7) is 1.93. The number of hydrogen-bond donors (Lipinski definition) is 1. The lowest BCUT2D eigenvalue weighted by atomic mass is 10.00. The van der Waals surface area contributed by atoms with Gasteiger partial charge in [-0.15, -0.1) is 0 Å². The van der Waals surface area contributed by atoms with Crippen molar-refractivity contribution in [3.8, 4) is 0 Å². The van der Waals surface area contributed by atoms with Crippen LogP contribution in [0.5, 0.6) is 0 Å². The second-order valence-corrected chi connectivity index (χ2v) is 4.12. The molecule has 3 heteroatoms. The highest BCUT2D eigenvalue weighted by molar-refractivity contribution is 5.67. The normalized spacial score (nSPS) is 15.3. The van der Waals surface area contributed by atoms with Gasteiger partial charge in [-0.2, -0.15) is 0 Å². The van der Waals surface area contributed by atoms with E-state index in [1.54, 1.807) is 0 Å². The predicted octanol–water partition coefficient (Wildman–Crippen LogP) is 1.65. The molecule has 1 aromatic rings. The molecule has 0 aromatic heterocycles.